The highest BCUT2D eigenvalue weighted by Gasteiger charge is 2.38. The van der Waals surface area contributed by atoms with Crippen molar-refractivity contribution in [1.82, 2.24) is 34.7 Å². The fourth-order valence-corrected chi connectivity index (χ4v) is 4.86. The molecule has 0 spiro atoms. The summed E-state index contributed by atoms with van der Waals surface area (Å²) in [5.41, 5.74) is 0.0383. The van der Waals surface area contributed by atoms with E-state index in [2.05, 4.69) is 30.8 Å². The molecule has 35 heavy (non-hydrogen) atoms. The van der Waals surface area contributed by atoms with E-state index in [0.29, 0.717) is 36.1 Å². The van der Waals surface area contributed by atoms with Gasteiger partial charge in [-0.05, 0) is 50.8 Å². The molecule has 2 aliphatic rings. The Morgan fingerprint density at radius 3 is 2.77 bits per heavy atom. The zero-order valence-electron chi connectivity index (χ0n) is 18.9. The quantitative estimate of drug-likeness (QED) is 0.450. The Hall–Kier alpha value is -3.25. The van der Waals surface area contributed by atoms with E-state index in [4.69, 9.17) is 4.74 Å². The Balaban J connectivity index is 1.54. The minimum Gasteiger partial charge on any atom is -0.356 e. The third kappa shape index (κ3) is 4.10. The van der Waals surface area contributed by atoms with Crippen LogP contribution in [-0.4, -0.2) is 55.1 Å². The molecule has 9 nitrogen and oxygen atoms in total. The van der Waals surface area contributed by atoms with Crippen LogP contribution in [0.15, 0.2) is 30.6 Å². The molecule has 184 valence electrons. The average molecular weight is 487 g/mol. The largest absolute Gasteiger partial charge is 0.420 e. The third-order valence-corrected chi connectivity index (χ3v) is 6.56. The molecule has 2 fully saturated rings. The Morgan fingerprint density at radius 2 is 2.00 bits per heavy atom. The minimum absolute atomic E-state index is 0.0403. The number of fused-ring (bicyclic) bond motifs is 3. The van der Waals surface area contributed by atoms with Gasteiger partial charge < -0.3 is 15.4 Å². The molecule has 0 amide bonds. The van der Waals surface area contributed by atoms with E-state index >= 15 is 0 Å². The molecule has 2 atom stereocenters. The topological polar surface area (TPSA) is 94.2 Å². The van der Waals surface area contributed by atoms with Crippen LogP contribution in [-0.2, 0) is 10.9 Å². The predicted molar refractivity (Wildman–Crippen MR) is 123 cm³/mol. The average Bonchev–Trinajstić information content (AvgIpc) is 3.42. The Kier molecular flexibility index (Phi) is 5.56. The van der Waals surface area contributed by atoms with Crippen LogP contribution in [0.1, 0.15) is 43.9 Å². The first-order valence-electron chi connectivity index (χ1n) is 11.9. The van der Waals surface area contributed by atoms with Gasteiger partial charge in [0.1, 0.15) is 17.0 Å². The lowest BCUT2D eigenvalue weighted by atomic mass is 10.1. The van der Waals surface area contributed by atoms with Gasteiger partial charge in [-0.1, -0.05) is 6.07 Å². The maximum atomic E-state index is 14.1. The maximum Gasteiger partial charge on any atom is 0.420 e. The van der Waals surface area contributed by atoms with Gasteiger partial charge in [0.25, 0.3) is 0 Å². The van der Waals surface area contributed by atoms with Crippen molar-refractivity contribution in [1.29, 1.82) is 0 Å². The molecule has 4 aromatic rings. The van der Waals surface area contributed by atoms with Crippen LogP contribution >= 0.6 is 0 Å². The fourth-order valence-electron chi connectivity index (χ4n) is 4.86. The van der Waals surface area contributed by atoms with E-state index < -0.39 is 18.0 Å². The molecule has 2 saturated heterocycles. The molecular weight excluding hydrogens is 461 g/mol. The van der Waals surface area contributed by atoms with Crippen LogP contribution < -0.4 is 10.6 Å². The monoisotopic (exact) mass is 486 g/mol. The van der Waals surface area contributed by atoms with Gasteiger partial charge in [-0.2, -0.15) is 18.3 Å². The minimum atomic E-state index is -4.65. The van der Waals surface area contributed by atoms with E-state index in [1.54, 1.807) is 15.4 Å². The number of aromatic nitrogens is 6. The summed E-state index contributed by atoms with van der Waals surface area (Å²) in [5, 5.41) is 16.2. The Bertz CT molecular complexity index is 1350. The lowest BCUT2D eigenvalue weighted by molar-refractivity contribution is -0.137. The van der Waals surface area contributed by atoms with Crippen LogP contribution in [0.2, 0.25) is 0 Å². The fraction of sp³-hybridized carbons (Fsp3) is 0.478. The third-order valence-electron chi connectivity index (χ3n) is 6.56. The first kappa shape index (κ1) is 22.2. The van der Waals surface area contributed by atoms with Gasteiger partial charge in [-0.15, -0.1) is 5.10 Å². The number of nitrogens with one attached hydrogen (secondary N) is 2. The zero-order valence-corrected chi connectivity index (χ0v) is 18.9. The molecule has 0 bridgehead atoms. The van der Waals surface area contributed by atoms with Crippen LogP contribution in [0.5, 0.6) is 0 Å². The van der Waals surface area contributed by atoms with Crippen LogP contribution in [0.3, 0.4) is 0 Å². The summed E-state index contributed by atoms with van der Waals surface area (Å²) in [5.74, 6) is 0.148. The van der Waals surface area contributed by atoms with Crippen molar-refractivity contribution in [2.45, 2.75) is 50.6 Å². The number of alkyl halides is 3. The summed E-state index contributed by atoms with van der Waals surface area (Å²) >= 11 is 0. The van der Waals surface area contributed by atoms with Crippen molar-refractivity contribution < 1.29 is 17.9 Å². The van der Waals surface area contributed by atoms with Crippen molar-refractivity contribution in [2.75, 3.05) is 25.0 Å². The summed E-state index contributed by atoms with van der Waals surface area (Å²) in [6, 6.07) is 5.49. The molecule has 6 heterocycles. The predicted octanol–water partition coefficient (Wildman–Crippen LogP) is 4.02. The number of nitrogens with zero attached hydrogens (tertiary/aromatic N) is 6. The number of hydrogen-bond acceptors (Lipinski definition) is 7. The van der Waals surface area contributed by atoms with Crippen molar-refractivity contribution in [3.8, 4) is 11.4 Å². The van der Waals surface area contributed by atoms with E-state index in [9.17, 15) is 13.2 Å². The van der Waals surface area contributed by atoms with Gasteiger partial charge in [0, 0.05) is 31.6 Å². The Morgan fingerprint density at radius 1 is 1.09 bits per heavy atom. The number of rotatable bonds is 4. The number of piperidine rings is 1. The number of pyridine rings is 1. The summed E-state index contributed by atoms with van der Waals surface area (Å²) in [4.78, 5) is 8.38. The lowest BCUT2D eigenvalue weighted by Gasteiger charge is -2.24. The van der Waals surface area contributed by atoms with Crippen molar-refractivity contribution >= 4 is 22.5 Å². The van der Waals surface area contributed by atoms with Gasteiger partial charge >= 0.3 is 6.18 Å². The van der Waals surface area contributed by atoms with E-state index in [-0.39, 0.29) is 23.4 Å². The van der Waals surface area contributed by atoms with Gasteiger partial charge in [-0.25, -0.2) is 19.2 Å². The molecular formula is C23H25F3N8O. The first-order valence-corrected chi connectivity index (χ1v) is 11.9. The summed E-state index contributed by atoms with van der Waals surface area (Å²) in [7, 11) is 0. The SMILES string of the molecule is FC(F)(F)c1cnc(N[C@H]2CCCNC2)nc1-c1nn(C2CCCCO2)c2nn3ccccc3c12. The summed E-state index contributed by atoms with van der Waals surface area (Å²) in [6.45, 7) is 2.19. The lowest BCUT2D eigenvalue weighted by Crippen LogP contribution is -2.38. The van der Waals surface area contributed by atoms with Gasteiger partial charge in [0.15, 0.2) is 11.9 Å². The second-order valence-corrected chi connectivity index (χ2v) is 8.98. The molecule has 4 aromatic heterocycles. The standard InChI is InChI=1S/C23H25F3N8O/c24-23(25,26)15-13-28-22(29-14-6-5-9-27-12-14)30-19(15)20-18-16-7-1-3-10-33(16)32-21(18)34(31-20)17-8-2-4-11-35-17/h1,3,7,10,13-14,17,27H,2,4-6,8-9,11-12H2,(H,28,29,30)/t14-,17?/m0/s1. The molecule has 0 saturated carbocycles. The van der Waals surface area contributed by atoms with Crippen molar-refractivity contribution in [2.24, 2.45) is 0 Å². The highest BCUT2D eigenvalue weighted by atomic mass is 19.4. The molecule has 0 aromatic carbocycles. The molecule has 2 N–H and O–H groups in total. The smallest absolute Gasteiger partial charge is 0.356 e. The molecule has 6 rings (SSSR count). The highest BCUT2D eigenvalue weighted by Crippen LogP contribution is 2.40. The zero-order chi connectivity index (χ0) is 24.0. The van der Waals surface area contributed by atoms with Crippen molar-refractivity contribution in [3.05, 3.63) is 36.2 Å². The van der Waals surface area contributed by atoms with E-state index in [0.717, 1.165) is 38.4 Å². The molecule has 0 aliphatic carbocycles. The molecule has 2 aliphatic heterocycles. The van der Waals surface area contributed by atoms with E-state index in [1.165, 1.54) is 0 Å². The van der Waals surface area contributed by atoms with Gasteiger partial charge in [0.2, 0.25) is 5.95 Å². The molecule has 12 heteroatoms. The maximum absolute atomic E-state index is 14.1. The number of ether oxygens (including phenoxy) is 1. The van der Waals surface area contributed by atoms with Gasteiger partial charge in [0.05, 0.1) is 10.9 Å². The normalized spacial score (nSPS) is 21.6. The number of halogens is 3. The second-order valence-electron chi connectivity index (χ2n) is 8.98. The van der Waals surface area contributed by atoms with Crippen LogP contribution in [0.25, 0.3) is 27.9 Å². The number of hydrogen-bond donors (Lipinski definition) is 2. The molecule has 1 unspecified atom stereocenters. The second kappa shape index (κ2) is 8.76. The highest BCUT2D eigenvalue weighted by molar-refractivity contribution is 6.03. The van der Waals surface area contributed by atoms with Crippen LogP contribution in [0.4, 0.5) is 19.1 Å². The first-order chi connectivity index (χ1) is 17.0. The van der Waals surface area contributed by atoms with Gasteiger partial charge in [-0.3, -0.25) is 0 Å². The summed E-state index contributed by atoms with van der Waals surface area (Å²) in [6.07, 6.45) is 2.01. The summed E-state index contributed by atoms with van der Waals surface area (Å²) < 4.78 is 51.6. The Labute approximate surface area is 198 Å². The van der Waals surface area contributed by atoms with Crippen LogP contribution in [0, 0.1) is 0 Å². The number of anilines is 1. The molecule has 0 radical (unpaired) electrons. The van der Waals surface area contributed by atoms with Crippen molar-refractivity contribution in [3.63, 3.8) is 0 Å². The van der Waals surface area contributed by atoms with E-state index in [1.807, 2.05) is 18.2 Å².